The molecule has 380 valence electrons. The molecule has 0 atom stereocenters. The Hall–Kier alpha value is -9.74. The molecule has 0 spiro atoms. The second-order valence-electron chi connectivity index (χ2n) is 21.0. The summed E-state index contributed by atoms with van der Waals surface area (Å²) in [5.41, 5.74) is 14.4. The van der Waals surface area contributed by atoms with Crippen molar-refractivity contribution in [1.82, 2.24) is 18.3 Å². The highest BCUT2D eigenvalue weighted by atomic mass is 32.1. The number of rotatable bonds is 5. The zero-order valence-corrected chi connectivity index (χ0v) is 45.0. The Morgan fingerprint density at radius 3 is 0.963 bits per heavy atom. The Balaban J connectivity index is 0.000000129. The fourth-order valence-electron chi connectivity index (χ4n) is 13.2. The summed E-state index contributed by atoms with van der Waals surface area (Å²) in [6.45, 7) is 0. The van der Waals surface area contributed by atoms with Crippen LogP contribution >= 0.6 is 22.7 Å². The van der Waals surface area contributed by atoms with Gasteiger partial charge in [-0.2, -0.15) is 0 Å². The van der Waals surface area contributed by atoms with Crippen molar-refractivity contribution in [3.05, 3.63) is 261 Å². The van der Waals surface area contributed by atoms with Crippen LogP contribution in [-0.2, 0) is 0 Å². The van der Waals surface area contributed by atoms with E-state index in [1.54, 1.807) is 11.3 Å². The first-order chi connectivity index (χ1) is 40.1. The van der Waals surface area contributed by atoms with Crippen molar-refractivity contribution < 1.29 is 10.0 Å². The molecule has 0 aliphatic heterocycles. The molecular formula is C72H45BN4O2S2. The molecule has 0 saturated heterocycles. The van der Waals surface area contributed by atoms with Crippen LogP contribution in [0.25, 0.3) is 150 Å². The number of aromatic nitrogens is 4. The summed E-state index contributed by atoms with van der Waals surface area (Å²) in [6, 6.07) is 93.0. The van der Waals surface area contributed by atoms with Crippen LogP contribution in [0.5, 0.6) is 0 Å². The molecule has 18 rings (SSSR count). The van der Waals surface area contributed by atoms with Gasteiger partial charge in [-0.25, -0.2) is 0 Å². The highest BCUT2D eigenvalue weighted by Crippen LogP contribution is 2.45. The molecule has 6 heterocycles. The smallest absolute Gasteiger partial charge is 0.423 e. The van der Waals surface area contributed by atoms with Crippen LogP contribution in [-0.4, -0.2) is 35.4 Å². The van der Waals surface area contributed by atoms with Gasteiger partial charge in [0.2, 0.25) is 0 Å². The minimum absolute atomic E-state index is 0.513. The Kier molecular flexibility index (Phi) is 10.2. The van der Waals surface area contributed by atoms with Crippen molar-refractivity contribution in [1.29, 1.82) is 0 Å². The van der Waals surface area contributed by atoms with Crippen LogP contribution in [0.3, 0.4) is 0 Å². The second-order valence-corrected chi connectivity index (χ2v) is 23.0. The molecule has 0 fully saturated rings. The standard InChI is InChI=1S/C36H23BN2O2S.C36H22N2S/c40-37(41)29-21-22(38-30-15-5-1-10-23(30)24-11-2-6-16-31(24)38)20-28-27-14-9-19-34(36(27)42-35(28)29)39-32-17-7-3-12-25(32)26-13-4-8-18-33(26)39;1-5-15-30-24(10-1)25-11-2-6-16-31(25)37(30)23-20-21-35-29(22-23)28-14-9-19-34(36(28)39-35)38-32-17-7-3-12-26(32)27-13-4-8-18-33(27)38/h1-21,40-41H;1-22H. The zero-order valence-electron chi connectivity index (χ0n) is 43.4. The van der Waals surface area contributed by atoms with Gasteiger partial charge in [0.05, 0.1) is 64.9 Å². The molecule has 18 aromatic rings. The molecule has 0 radical (unpaired) electrons. The van der Waals surface area contributed by atoms with E-state index in [-0.39, 0.29) is 0 Å². The molecule has 0 amide bonds. The predicted octanol–water partition coefficient (Wildman–Crippen LogP) is 18.2. The number of benzene rings is 12. The zero-order chi connectivity index (χ0) is 53.4. The third-order valence-electron chi connectivity index (χ3n) is 16.6. The Bertz CT molecular complexity index is 5400. The lowest BCUT2D eigenvalue weighted by atomic mass is 9.79. The number of nitrogens with zero attached hydrogens (tertiary/aromatic N) is 4. The summed E-state index contributed by atoms with van der Waals surface area (Å²) < 4.78 is 14.0. The van der Waals surface area contributed by atoms with Gasteiger partial charge in [0.1, 0.15) is 0 Å². The molecule has 0 aliphatic rings. The Morgan fingerprint density at radius 1 is 0.247 bits per heavy atom. The van der Waals surface area contributed by atoms with E-state index in [0.29, 0.717) is 5.46 Å². The number of hydrogen-bond donors (Lipinski definition) is 2. The number of thiophene rings is 2. The molecule has 6 nitrogen and oxygen atoms in total. The van der Waals surface area contributed by atoms with Crippen LogP contribution in [0.15, 0.2) is 261 Å². The van der Waals surface area contributed by atoms with E-state index in [9.17, 15) is 10.0 Å². The highest BCUT2D eigenvalue weighted by Gasteiger charge is 2.24. The first kappa shape index (κ1) is 46.2. The van der Waals surface area contributed by atoms with Crippen molar-refractivity contribution in [2.24, 2.45) is 0 Å². The van der Waals surface area contributed by atoms with Crippen LogP contribution in [0.4, 0.5) is 0 Å². The van der Waals surface area contributed by atoms with Crippen molar-refractivity contribution in [2.75, 3.05) is 0 Å². The molecule has 0 bridgehead atoms. The van der Waals surface area contributed by atoms with Crippen LogP contribution < -0.4 is 5.46 Å². The fraction of sp³-hybridized carbons (Fsp3) is 0. The molecule has 2 N–H and O–H groups in total. The first-order valence-electron chi connectivity index (χ1n) is 27.3. The van der Waals surface area contributed by atoms with E-state index in [2.05, 4.69) is 273 Å². The Morgan fingerprint density at radius 2 is 0.568 bits per heavy atom. The van der Waals surface area contributed by atoms with Crippen LogP contribution in [0, 0.1) is 0 Å². The SMILES string of the molecule is OB(O)c1cc(-n2c3ccccc3c3ccccc32)cc2c1sc1c(-n3c4ccccc4c4ccccc43)cccc12.c1cc(-n2c3ccccc3c3ccccc32)c2sc3ccc(-n4c5ccccc5c5ccccc54)cc3c2c1. The molecule has 0 unspecified atom stereocenters. The maximum absolute atomic E-state index is 10.7. The minimum Gasteiger partial charge on any atom is -0.423 e. The van der Waals surface area contributed by atoms with E-state index in [1.807, 2.05) is 17.4 Å². The van der Waals surface area contributed by atoms with Crippen molar-refractivity contribution in [3.8, 4) is 22.7 Å². The van der Waals surface area contributed by atoms with Crippen LogP contribution in [0.1, 0.15) is 0 Å². The third-order valence-corrected chi connectivity index (χ3v) is 19.1. The maximum atomic E-state index is 10.7. The number of hydrogen-bond acceptors (Lipinski definition) is 4. The summed E-state index contributed by atoms with van der Waals surface area (Å²) in [5, 5.41) is 36.0. The largest absolute Gasteiger partial charge is 0.489 e. The topological polar surface area (TPSA) is 60.2 Å². The molecule has 6 aromatic heterocycles. The van der Waals surface area contributed by atoms with Gasteiger partial charge in [0.15, 0.2) is 0 Å². The van der Waals surface area contributed by atoms with E-state index in [0.717, 1.165) is 53.6 Å². The lowest BCUT2D eigenvalue weighted by molar-refractivity contribution is 0.426. The molecule has 0 saturated carbocycles. The van der Waals surface area contributed by atoms with E-state index >= 15 is 0 Å². The van der Waals surface area contributed by atoms with Crippen LogP contribution in [0.2, 0.25) is 0 Å². The van der Waals surface area contributed by atoms with E-state index in [1.165, 1.54) is 96.7 Å². The van der Waals surface area contributed by atoms with Gasteiger partial charge in [-0.1, -0.05) is 170 Å². The predicted molar refractivity (Wildman–Crippen MR) is 346 cm³/mol. The van der Waals surface area contributed by atoms with Gasteiger partial charge in [0, 0.05) is 90.9 Å². The number of fused-ring (bicyclic) bond motifs is 18. The molecule has 0 aliphatic carbocycles. The van der Waals surface area contributed by atoms with Crippen molar-refractivity contribution in [2.45, 2.75) is 0 Å². The lowest BCUT2D eigenvalue weighted by Gasteiger charge is -2.11. The van der Waals surface area contributed by atoms with Crippen molar-refractivity contribution in [3.63, 3.8) is 0 Å². The van der Waals surface area contributed by atoms with Gasteiger partial charge >= 0.3 is 7.12 Å². The van der Waals surface area contributed by atoms with Gasteiger partial charge in [0.25, 0.3) is 0 Å². The lowest BCUT2D eigenvalue weighted by Crippen LogP contribution is -2.30. The van der Waals surface area contributed by atoms with Gasteiger partial charge in [-0.15, -0.1) is 22.7 Å². The molecule has 81 heavy (non-hydrogen) atoms. The van der Waals surface area contributed by atoms with Gasteiger partial charge in [-0.05, 0) is 91.0 Å². The second kappa shape index (κ2) is 17.9. The molecular weight excluding hydrogens is 1030 g/mol. The normalized spacial score (nSPS) is 12.1. The summed E-state index contributed by atoms with van der Waals surface area (Å²) in [5.74, 6) is 0. The minimum atomic E-state index is -1.61. The maximum Gasteiger partial charge on any atom is 0.489 e. The average Bonchev–Trinajstić information content (AvgIpc) is 4.52. The summed E-state index contributed by atoms with van der Waals surface area (Å²) >= 11 is 3.51. The molecule has 12 aromatic carbocycles. The summed E-state index contributed by atoms with van der Waals surface area (Å²) in [7, 11) is -1.61. The Labute approximate surface area is 471 Å². The number of para-hydroxylation sites is 8. The monoisotopic (exact) mass is 1070 g/mol. The fourth-order valence-corrected chi connectivity index (χ4v) is 15.7. The third kappa shape index (κ3) is 6.81. The van der Waals surface area contributed by atoms with E-state index in [4.69, 9.17) is 0 Å². The summed E-state index contributed by atoms with van der Waals surface area (Å²) in [6.07, 6.45) is 0. The van der Waals surface area contributed by atoms with Gasteiger partial charge < -0.3 is 28.3 Å². The molecule has 9 heteroatoms. The quantitative estimate of drug-likeness (QED) is 0.169. The van der Waals surface area contributed by atoms with Crippen molar-refractivity contribution >= 4 is 163 Å². The summed E-state index contributed by atoms with van der Waals surface area (Å²) in [4.78, 5) is 0. The highest BCUT2D eigenvalue weighted by molar-refractivity contribution is 7.27. The average molecular weight is 1070 g/mol. The van der Waals surface area contributed by atoms with E-state index < -0.39 is 7.12 Å². The van der Waals surface area contributed by atoms with Gasteiger partial charge in [-0.3, -0.25) is 0 Å². The first-order valence-corrected chi connectivity index (χ1v) is 28.9.